The number of amidine groups is 1. The van der Waals surface area contributed by atoms with Crippen LogP contribution >= 0.6 is 11.8 Å². The Morgan fingerprint density at radius 3 is 2.91 bits per heavy atom. The van der Waals surface area contributed by atoms with Crippen molar-refractivity contribution < 1.29 is 12.9 Å². The molecule has 0 aliphatic heterocycles. The largest absolute Gasteiger partial charge is 0.379 e. The standard InChI is InChI=1S/C4H10N2O3S2/c5-4(6)10-3-1-2-9-11(7)8/h1-3H2,(H3,5,6)(H,7,8). The van der Waals surface area contributed by atoms with Gasteiger partial charge in [-0.2, -0.15) is 4.21 Å². The fraction of sp³-hybridized carbons (Fsp3) is 0.750. The summed E-state index contributed by atoms with van der Waals surface area (Å²) >= 11 is -0.990. The van der Waals surface area contributed by atoms with Crippen LogP contribution in [0.3, 0.4) is 0 Å². The Bertz CT molecular complexity index is 136. The molecule has 1 atom stereocenters. The third-order valence-electron chi connectivity index (χ3n) is 0.730. The minimum Gasteiger partial charge on any atom is -0.379 e. The van der Waals surface area contributed by atoms with Gasteiger partial charge >= 0.3 is 11.4 Å². The molecule has 0 aromatic carbocycles. The molecule has 0 aromatic rings. The van der Waals surface area contributed by atoms with E-state index in [1.807, 2.05) is 0 Å². The van der Waals surface area contributed by atoms with Gasteiger partial charge in [0.25, 0.3) is 0 Å². The van der Waals surface area contributed by atoms with Crippen LogP contribution in [-0.4, -0.2) is 26.3 Å². The smallest absolute Gasteiger partial charge is 0.301 e. The van der Waals surface area contributed by atoms with E-state index in [9.17, 15) is 4.21 Å². The van der Waals surface area contributed by atoms with Gasteiger partial charge in [-0.15, -0.1) is 0 Å². The van der Waals surface area contributed by atoms with Crippen molar-refractivity contribution in [2.75, 3.05) is 12.4 Å². The topological polar surface area (TPSA) is 96.4 Å². The van der Waals surface area contributed by atoms with Crippen molar-refractivity contribution in [2.45, 2.75) is 6.42 Å². The molecule has 0 fully saturated rings. The number of hydrogen-bond donors (Lipinski definition) is 3. The summed E-state index contributed by atoms with van der Waals surface area (Å²) in [6.45, 7) is 0.212. The molecule has 0 rings (SSSR count). The molecule has 66 valence electrons. The third kappa shape index (κ3) is 9.89. The van der Waals surface area contributed by atoms with Crippen LogP contribution in [0.1, 0.15) is 6.42 Å². The Morgan fingerprint density at radius 1 is 1.82 bits per heavy atom. The SMILES string of the molecule is N=C(N)SCCCOS(=O)O. The predicted octanol–water partition coefficient (Wildman–Crippen LogP) is 0.156. The molecule has 0 bridgehead atoms. The van der Waals surface area contributed by atoms with Crippen molar-refractivity contribution in [2.24, 2.45) is 5.73 Å². The second kappa shape index (κ2) is 6.59. The van der Waals surface area contributed by atoms with Crippen molar-refractivity contribution in [3.8, 4) is 0 Å². The third-order valence-corrected chi connectivity index (χ3v) is 1.90. The summed E-state index contributed by atoms with van der Waals surface area (Å²) in [6.07, 6.45) is 0.608. The van der Waals surface area contributed by atoms with Gasteiger partial charge in [-0.25, -0.2) is 0 Å². The highest BCUT2D eigenvalue weighted by atomic mass is 32.2. The van der Waals surface area contributed by atoms with Gasteiger partial charge in [0.2, 0.25) is 0 Å². The summed E-state index contributed by atoms with van der Waals surface area (Å²) < 4.78 is 22.4. The molecule has 11 heavy (non-hydrogen) atoms. The summed E-state index contributed by atoms with van der Waals surface area (Å²) in [6, 6.07) is 0. The van der Waals surface area contributed by atoms with Crippen LogP contribution in [-0.2, 0) is 15.5 Å². The van der Waals surface area contributed by atoms with Crippen molar-refractivity contribution in [1.82, 2.24) is 0 Å². The predicted molar refractivity (Wildman–Crippen MR) is 45.7 cm³/mol. The minimum absolute atomic E-state index is 0.0510. The highest BCUT2D eigenvalue weighted by Gasteiger charge is 1.94. The molecule has 4 N–H and O–H groups in total. The Hall–Kier alpha value is -0.110. The average molecular weight is 198 g/mol. The number of nitrogens with one attached hydrogen (secondary N) is 1. The molecule has 7 heteroatoms. The molecule has 0 aliphatic carbocycles. The summed E-state index contributed by atoms with van der Waals surface area (Å²) in [5.41, 5.74) is 5.03. The van der Waals surface area contributed by atoms with Gasteiger partial charge in [0.1, 0.15) is 0 Å². The first-order chi connectivity index (χ1) is 5.13. The molecule has 0 aromatic heterocycles. The Labute approximate surface area is 71.7 Å². The number of hydrogen-bond acceptors (Lipinski definition) is 4. The fourth-order valence-electron chi connectivity index (χ4n) is 0.371. The lowest BCUT2D eigenvalue weighted by Crippen LogP contribution is -2.06. The average Bonchev–Trinajstić information content (AvgIpc) is 1.85. The molecule has 0 spiro atoms. The highest BCUT2D eigenvalue weighted by Crippen LogP contribution is 2.00. The summed E-state index contributed by atoms with van der Waals surface area (Å²) in [4.78, 5) is 0. The maximum Gasteiger partial charge on any atom is 0.301 e. The fourth-order valence-corrected chi connectivity index (χ4v) is 1.11. The zero-order valence-corrected chi connectivity index (χ0v) is 7.41. The summed E-state index contributed by atoms with van der Waals surface area (Å²) in [7, 11) is 0. The second-order valence-corrected chi connectivity index (χ2v) is 3.41. The van der Waals surface area contributed by atoms with Crippen LogP contribution in [0.25, 0.3) is 0 Å². The van der Waals surface area contributed by atoms with Crippen molar-refractivity contribution >= 4 is 28.3 Å². The molecule has 1 unspecified atom stereocenters. The first-order valence-electron chi connectivity index (χ1n) is 2.84. The Morgan fingerprint density at radius 2 is 2.45 bits per heavy atom. The molecular weight excluding hydrogens is 188 g/mol. The van der Waals surface area contributed by atoms with Gasteiger partial charge in [0.15, 0.2) is 5.17 Å². The van der Waals surface area contributed by atoms with Crippen LogP contribution < -0.4 is 5.73 Å². The second-order valence-electron chi connectivity index (χ2n) is 1.61. The maximum atomic E-state index is 9.91. The van der Waals surface area contributed by atoms with E-state index < -0.39 is 11.4 Å². The first-order valence-corrected chi connectivity index (χ1v) is 4.85. The van der Waals surface area contributed by atoms with Crippen molar-refractivity contribution in [3.63, 3.8) is 0 Å². The van der Waals surface area contributed by atoms with Crippen LogP contribution in [0.15, 0.2) is 0 Å². The number of nitrogens with two attached hydrogens (primary N) is 1. The molecule has 0 amide bonds. The van der Waals surface area contributed by atoms with E-state index >= 15 is 0 Å². The van der Waals surface area contributed by atoms with Crippen molar-refractivity contribution in [1.29, 1.82) is 5.41 Å². The van der Waals surface area contributed by atoms with Crippen LogP contribution in [0.5, 0.6) is 0 Å². The molecule has 5 nitrogen and oxygen atoms in total. The van der Waals surface area contributed by atoms with Gasteiger partial charge in [-0.05, 0) is 6.42 Å². The van der Waals surface area contributed by atoms with Gasteiger partial charge in [-0.1, -0.05) is 11.8 Å². The Balaban J connectivity index is 3.03. The lowest BCUT2D eigenvalue weighted by molar-refractivity contribution is 0.308. The lowest BCUT2D eigenvalue weighted by atomic mass is 10.5. The molecule has 0 radical (unpaired) electrons. The van der Waals surface area contributed by atoms with Crippen molar-refractivity contribution in [3.05, 3.63) is 0 Å². The summed E-state index contributed by atoms with van der Waals surface area (Å²) in [5, 5.41) is 6.86. The van der Waals surface area contributed by atoms with E-state index in [2.05, 4.69) is 4.18 Å². The normalized spacial score (nSPS) is 12.8. The van der Waals surface area contributed by atoms with Gasteiger partial charge in [-0.3, -0.25) is 14.1 Å². The molecule has 0 saturated heterocycles. The molecule has 0 heterocycles. The zero-order chi connectivity index (χ0) is 8.69. The van der Waals surface area contributed by atoms with Crippen LogP contribution in [0.4, 0.5) is 0 Å². The number of rotatable bonds is 5. The van der Waals surface area contributed by atoms with E-state index in [0.717, 1.165) is 0 Å². The van der Waals surface area contributed by atoms with E-state index in [4.69, 9.17) is 15.7 Å². The van der Waals surface area contributed by atoms with Crippen LogP contribution in [0.2, 0.25) is 0 Å². The molecule has 0 saturated carbocycles. The summed E-state index contributed by atoms with van der Waals surface area (Å²) in [5.74, 6) is 0.631. The first kappa shape index (κ1) is 10.9. The van der Waals surface area contributed by atoms with E-state index in [-0.39, 0.29) is 11.8 Å². The molecule has 0 aliphatic rings. The van der Waals surface area contributed by atoms with Crippen LogP contribution in [0, 0.1) is 5.41 Å². The maximum absolute atomic E-state index is 9.91. The van der Waals surface area contributed by atoms with Gasteiger partial charge in [0.05, 0.1) is 6.61 Å². The number of thioether (sulfide) groups is 1. The van der Waals surface area contributed by atoms with E-state index in [1.165, 1.54) is 11.8 Å². The van der Waals surface area contributed by atoms with Gasteiger partial charge in [0, 0.05) is 5.75 Å². The quantitative estimate of drug-likeness (QED) is 0.253. The lowest BCUT2D eigenvalue weighted by Gasteiger charge is -1.97. The van der Waals surface area contributed by atoms with Gasteiger partial charge < -0.3 is 5.73 Å². The minimum atomic E-state index is -2.17. The monoisotopic (exact) mass is 198 g/mol. The highest BCUT2D eigenvalue weighted by molar-refractivity contribution is 8.13. The molecular formula is C4H10N2O3S2. The van der Waals surface area contributed by atoms with E-state index in [1.54, 1.807) is 0 Å². The zero-order valence-electron chi connectivity index (χ0n) is 5.78. The van der Waals surface area contributed by atoms with E-state index in [0.29, 0.717) is 12.2 Å². The Kier molecular flexibility index (Phi) is 6.52.